The fourth-order valence-corrected chi connectivity index (χ4v) is 2.18. The van der Waals surface area contributed by atoms with Crippen LogP contribution in [-0.4, -0.2) is 0 Å². The molecule has 2 aromatic rings. The highest BCUT2D eigenvalue weighted by Gasteiger charge is 2.05. The molecule has 0 aromatic heterocycles. The second-order valence-corrected chi connectivity index (χ2v) is 5.54. The molecule has 0 fully saturated rings. The van der Waals surface area contributed by atoms with Crippen LogP contribution in [0.4, 0.5) is 17.1 Å². The summed E-state index contributed by atoms with van der Waals surface area (Å²) in [6, 6.07) is 9.81. The van der Waals surface area contributed by atoms with E-state index in [9.17, 15) is 0 Å². The Labute approximate surface area is 120 Å². The maximum atomic E-state index is 6.02. The van der Waals surface area contributed by atoms with Gasteiger partial charge in [-0.25, -0.2) is 0 Å². The van der Waals surface area contributed by atoms with E-state index < -0.39 is 0 Å². The Bertz CT molecular complexity index is 597. The summed E-state index contributed by atoms with van der Waals surface area (Å²) < 4.78 is 1.07. The quantitative estimate of drug-likeness (QED) is 0.759. The average Bonchev–Trinajstić information content (AvgIpc) is 2.31. The van der Waals surface area contributed by atoms with E-state index >= 15 is 0 Å². The Kier molecular flexibility index (Phi) is 3.83. The van der Waals surface area contributed by atoms with Crippen molar-refractivity contribution in [3.63, 3.8) is 0 Å². The van der Waals surface area contributed by atoms with E-state index in [-0.39, 0.29) is 0 Å². The Balaban J connectivity index is 2.34. The van der Waals surface area contributed by atoms with Crippen LogP contribution in [-0.2, 0) is 0 Å². The first-order valence-corrected chi connectivity index (χ1v) is 6.73. The number of hydrogen-bond donors (Lipinski definition) is 2. The number of benzene rings is 2. The highest BCUT2D eigenvalue weighted by molar-refractivity contribution is 9.10. The Morgan fingerprint density at radius 2 is 1.83 bits per heavy atom. The third-order valence-electron chi connectivity index (χ3n) is 2.78. The van der Waals surface area contributed by atoms with Crippen LogP contribution in [0, 0.1) is 13.8 Å². The van der Waals surface area contributed by atoms with Crippen LogP contribution in [0.3, 0.4) is 0 Å². The minimum atomic E-state index is 0.641. The van der Waals surface area contributed by atoms with E-state index in [0.29, 0.717) is 10.7 Å². The van der Waals surface area contributed by atoms with Crippen LogP contribution < -0.4 is 11.1 Å². The van der Waals surface area contributed by atoms with Crippen molar-refractivity contribution < 1.29 is 0 Å². The largest absolute Gasteiger partial charge is 0.397 e. The molecule has 94 valence electrons. The van der Waals surface area contributed by atoms with Crippen molar-refractivity contribution in [1.29, 1.82) is 0 Å². The first kappa shape index (κ1) is 13.2. The van der Waals surface area contributed by atoms with Gasteiger partial charge in [-0.3, -0.25) is 0 Å². The third-order valence-corrected chi connectivity index (χ3v) is 4.04. The van der Waals surface area contributed by atoms with Crippen molar-refractivity contribution in [3.05, 3.63) is 51.0 Å². The predicted octanol–water partition coefficient (Wildman–Crippen LogP) is 5.05. The zero-order chi connectivity index (χ0) is 13.3. The number of rotatable bonds is 2. The molecule has 0 unspecified atom stereocenters. The Hall–Kier alpha value is -1.19. The first-order valence-electron chi connectivity index (χ1n) is 5.56. The third kappa shape index (κ3) is 2.79. The normalized spacial score (nSPS) is 10.4. The molecular formula is C14H14BrClN2. The minimum absolute atomic E-state index is 0.641. The number of aryl methyl sites for hydroxylation is 2. The van der Waals surface area contributed by atoms with Gasteiger partial charge in [0.2, 0.25) is 0 Å². The van der Waals surface area contributed by atoms with E-state index in [1.165, 1.54) is 5.56 Å². The number of nitrogen functional groups attached to an aromatic ring is 1. The summed E-state index contributed by atoms with van der Waals surface area (Å²) in [4.78, 5) is 0. The van der Waals surface area contributed by atoms with Crippen molar-refractivity contribution in [2.75, 3.05) is 11.1 Å². The SMILES string of the molecule is Cc1cc(Nc2ccc(C)c(Br)c2)c(N)cc1Cl. The number of nitrogens with one attached hydrogen (secondary N) is 1. The van der Waals surface area contributed by atoms with Gasteiger partial charge in [0, 0.05) is 15.2 Å². The molecule has 0 saturated heterocycles. The summed E-state index contributed by atoms with van der Waals surface area (Å²) >= 11 is 9.53. The lowest BCUT2D eigenvalue weighted by molar-refractivity contribution is 1.41. The van der Waals surface area contributed by atoms with E-state index in [2.05, 4.69) is 28.2 Å². The zero-order valence-electron chi connectivity index (χ0n) is 10.2. The van der Waals surface area contributed by atoms with Gasteiger partial charge in [0.25, 0.3) is 0 Å². The Morgan fingerprint density at radius 3 is 2.50 bits per heavy atom. The summed E-state index contributed by atoms with van der Waals surface area (Å²) in [6.45, 7) is 4.01. The van der Waals surface area contributed by atoms with Gasteiger partial charge in [0.05, 0.1) is 11.4 Å². The lowest BCUT2D eigenvalue weighted by Crippen LogP contribution is -1.97. The lowest BCUT2D eigenvalue weighted by Gasteiger charge is -2.12. The number of halogens is 2. The zero-order valence-corrected chi connectivity index (χ0v) is 12.6. The van der Waals surface area contributed by atoms with E-state index in [0.717, 1.165) is 21.4 Å². The minimum Gasteiger partial charge on any atom is -0.397 e. The molecular weight excluding hydrogens is 312 g/mol. The molecule has 0 saturated carbocycles. The van der Waals surface area contributed by atoms with Crippen molar-refractivity contribution >= 4 is 44.6 Å². The topological polar surface area (TPSA) is 38.0 Å². The van der Waals surface area contributed by atoms with Crippen LogP contribution in [0.25, 0.3) is 0 Å². The molecule has 0 amide bonds. The predicted molar refractivity (Wildman–Crippen MR) is 82.8 cm³/mol. The van der Waals surface area contributed by atoms with E-state index in [4.69, 9.17) is 17.3 Å². The van der Waals surface area contributed by atoms with Gasteiger partial charge in [-0.15, -0.1) is 0 Å². The van der Waals surface area contributed by atoms with Crippen molar-refractivity contribution in [2.45, 2.75) is 13.8 Å². The van der Waals surface area contributed by atoms with Gasteiger partial charge in [-0.2, -0.15) is 0 Å². The molecule has 0 bridgehead atoms. The van der Waals surface area contributed by atoms with Gasteiger partial charge in [-0.1, -0.05) is 33.6 Å². The monoisotopic (exact) mass is 324 g/mol. The lowest BCUT2D eigenvalue weighted by atomic mass is 10.1. The van der Waals surface area contributed by atoms with Crippen molar-refractivity contribution in [1.82, 2.24) is 0 Å². The van der Waals surface area contributed by atoms with Gasteiger partial charge < -0.3 is 11.1 Å². The molecule has 2 rings (SSSR count). The summed E-state index contributed by atoms with van der Waals surface area (Å²) in [5.74, 6) is 0. The summed E-state index contributed by atoms with van der Waals surface area (Å²) in [7, 11) is 0. The second kappa shape index (κ2) is 5.21. The van der Waals surface area contributed by atoms with E-state index in [1.807, 2.05) is 31.2 Å². The molecule has 2 aromatic carbocycles. The van der Waals surface area contributed by atoms with Crippen LogP contribution in [0.5, 0.6) is 0 Å². The van der Waals surface area contributed by atoms with Crippen LogP contribution in [0.2, 0.25) is 5.02 Å². The molecule has 0 aliphatic heterocycles. The number of nitrogens with two attached hydrogens (primary N) is 1. The van der Waals surface area contributed by atoms with Gasteiger partial charge in [0.1, 0.15) is 0 Å². The van der Waals surface area contributed by atoms with Gasteiger partial charge in [0.15, 0.2) is 0 Å². The smallest absolute Gasteiger partial charge is 0.0621 e. The van der Waals surface area contributed by atoms with Crippen LogP contribution in [0.15, 0.2) is 34.8 Å². The molecule has 4 heteroatoms. The number of anilines is 3. The highest BCUT2D eigenvalue weighted by Crippen LogP contribution is 2.30. The fraction of sp³-hybridized carbons (Fsp3) is 0.143. The fourth-order valence-electron chi connectivity index (χ4n) is 1.63. The van der Waals surface area contributed by atoms with Gasteiger partial charge in [-0.05, 0) is 49.2 Å². The summed E-state index contributed by atoms with van der Waals surface area (Å²) in [5, 5.41) is 3.98. The van der Waals surface area contributed by atoms with Crippen molar-refractivity contribution in [2.24, 2.45) is 0 Å². The molecule has 0 radical (unpaired) electrons. The van der Waals surface area contributed by atoms with Crippen LogP contribution in [0.1, 0.15) is 11.1 Å². The maximum Gasteiger partial charge on any atom is 0.0621 e. The standard InChI is InChI=1S/C14H14BrClN2/c1-8-3-4-10(6-11(8)15)18-14-5-9(2)12(16)7-13(14)17/h3-7,18H,17H2,1-2H3. The highest BCUT2D eigenvalue weighted by atomic mass is 79.9. The summed E-state index contributed by atoms with van der Waals surface area (Å²) in [5.41, 5.74) is 10.6. The molecule has 18 heavy (non-hydrogen) atoms. The average molecular weight is 326 g/mol. The van der Waals surface area contributed by atoms with Crippen molar-refractivity contribution in [3.8, 4) is 0 Å². The second-order valence-electron chi connectivity index (χ2n) is 4.28. The molecule has 2 nitrogen and oxygen atoms in total. The molecule has 0 spiro atoms. The Morgan fingerprint density at radius 1 is 1.11 bits per heavy atom. The number of hydrogen-bond acceptors (Lipinski definition) is 2. The van der Waals surface area contributed by atoms with E-state index in [1.54, 1.807) is 6.07 Å². The van der Waals surface area contributed by atoms with Gasteiger partial charge >= 0.3 is 0 Å². The molecule has 0 aliphatic rings. The molecule has 0 heterocycles. The maximum absolute atomic E-state index is 6.02. The molecule has 3 N–H and O–H groups in total. The first-order chi connectivity index (χ1) is 8.47. The molecule has 0 aliphatic carbocycles. The van der Waals surface area contributed by atoms with Crippen LogP contribution >= 0.6 is 27.5 Å². The molecule has 0 atom stereocenters. The summed E-state index contributed by atoms with van der Waals surface area (Å²) in [6.07, 6.45) is 0.